The Bertz CT molecular complexity index is 1030. The van der Waals surface area contributed by atoms with Gasteiger partial charge < -0.3 is 4.74 Å². The van der Waals surface area contributed by atoms with Crippen molar-refractivity contribution in [3.8, 4) is 0 Å². The Kier molecular flexibility index (Phi) is 5.65. The summed E-state index contributed by atoms with van der Waals surface area (Å²) in [6, 6.07) is 8.86. The van der Waals surface area contributed by atoms with Crippen molar-refractivity contribution in [1.29, 1.82) is 0 Å². The van der Waals surface area contributed by atoms with Gasteiger partial charge in [-0.05, 0) is 51.9 Å². The first-order chi connectivity index (χ1) is 15.3. The molecule has 4 fully saturated rings. The number of Topliss-reactive ketones (excluding diaryl/α,β-unsaturated/α-hetero) is 3. The Labute approximate surface area is 191 Å². The predicted octanol–water partition coefficient (Wildman–Crippen LogP) is 5.67. The highest BCUT2D eigenvalue weighted by Crippen LogP contribution is 2.70. The van der Waals surface area contributed by atoms with Crippen molar-refractivity contribution in [2.24, 2.45) is 16.7 Å². The van der Waals surface area contributed by atoms with Gasteiger partial charge in [0.1, 0.15) is 5.60 Å². The number of ether oxygens (including phenoxy) is 1. The molecule has 0 saturated heterocycles. The van der Waals surface area contributed by atoms with Gasteiger partial charge in [0.15, 0.2) is 22.8 Å². The smallest absolute Gasteiger partial charge is 0.184 e. The number of allylic oxidation sites excluding steroid dienone is 3. The molecule has 4 atom stereocenters. The quantitative estimate of drug-likeness (QED) is 0.251. The lowest BCUT2D eigenvalue weighted by Gasteiger charge is -2.67. The fraction of sp³-hybridized carbons (Fsp3) is 0.536. The average molecular weight is 435 g/mol. The zero-order valence-corrected chi connectivity index (χ0v) is 19.9. The van der Waals surface area contributed by atoms with E-state index in [4.69, 9.17) is 4.74 Å². The molecule has 0 aliphatic heterocycles. The first-order valence-corrected chi connectivity index (χ1v) is 11.9. The van der Waals surface area contributed by atoms with Gasteiger partial charge in [0.2, 0.25) is 0 Å². The van der Waals surface area contributed by atoms with Gasteiger partial charge in [0.25, 0.3) is 0 Å². The lowest BCUT2D eigenvalue weighted by molar-refractivity contribution is -0.206. The van der Waals surface area contributed by atoms with E-state index < -0.39 is 16.4 Å². The van der Waals surface area contributed by atoms with Gasteiger partial charge in [0, 0.05) is 18.2 Å². The summed E-state index contributed by atoms with van der Waals surface area (Å²) in [5.74, 6) is -0.969. The molecule has 4 bridgehead atoms. The Hall–Kier alpha value is -2.33. The molecule has 1 aromatic carbocycles. The van der Waals surface area contributed by atoms with E-state index in [1.807, 2.05) is 19.1 Å². The molecule has 4 nitrogen and oxygen atoms in total. The van der Waals surface area contributed by atoms with Gasteiger partial charge in [-0.1, -0.05) is 67.8 Å². The van der Waals surface area contributed by atoms with Crippen molar-refractivity contribution in [2.75, 3.05) is 7.11 Å². The minimum Gasteiger partial charge on any atom is -0.372 e. The molecule has 4 aliphatic carbocycles. The summed E-state index contributed by atoms with van der Waals surface area (Å²) >= 11 is 0. The van der Waals surface area contributed by atoms with Gasteiger partial charge >= 0.3 is 0 Å². The zero-order chi connectivity index (χ0) is 23.3. The van der Waals surface area contributed by atoms with Crippen molar-refractivity contribution in [3.05, 3.63) is 58.7 Å². The number of carbonyl (C=O) groups is 3. The third-order valence-electron chi connectivity index (χ3n) is 8.24. The molecule has 5 rings (SSSR count). The van der Waals surface area contributed by atoms with Crippen LogP contribution < -0.4 is 0 Å². The van der Waals surface area contributed by atoms with Gasteiger partial charge in [-0.15, -0.1) is 0 Å². The number of hydrogen-bond acceptors (Lipinski definition) is 4. The fourth-order valence-corrected chi connectivity index (χ4v) is 7.06. The highest BCUT2D eigenvalue weighted by Gasteiger charge is 2.80. The van der Waals surface area contributed by atoms with Crippen molar-refractivity contribution >= 4 is 17.3 Å². The maximum Gasteiger partial charge on any atom is 0.184 e. The third kappa shape index (κ3) is 2.62. The summed E-state index contributed by atoms with van der Waals surface area (Å²) < 4.78 is 6.31. The first-order valence-electron chi connectivity index (χ1n) is 11.9. The fourth-order valence-electron chi connectivity index (χ4n) is 7.06. The molecule has 170 valence electrons. The molecular formula is C28H34O4. The van der Waals surface area contributed by atoms with Crippen LogP contribution in [0.3, 0.4) is 0 Å². The van der Waals surface area contributed by atoms with Crippen LogP contribution in [-0.4, -0.2) is 30.1 Å². The normalized spacial score (nSPS) is 34.8. The molecule has 0 aromatic heterocycles. The topological polar surface area (TPSA) is 60.4 Å². The number of carbonyl (C=O) groups excluding carboxylic acids is 3. The molecule has 4 aliphatic rings. The second-order valence-corrected chi connectivity index (χ2v) is 9.94. The van der Waals surface area contributed by atoms with E-state index in [-0.39, 0.29) is 29.7 Å². The second-order valence-electron chi connectivity index (χ2n) is 9.94. The first kappa shape index (κ1) is 22.8. The van der Waals surface area contributed by atoms with E-state index in [1.54, 1.807) is 31.4 Å². The van der Waals surface area contributed by atoms with E-state index in [0.717, 1.165) is 12.8 Å². The highest BCUT2D eigenvalue weighted by molar-refractivity contribution is 6.36. The number of hydrogen-bond donors (Lipinski definition) is 0. The van der Waals surface area contributed by atoms with Crippen molar-refractivity contribution < 1.29 is 19.1 Å². The van der Waals surface area contributed by atoms with Crippen LogP contribution in [0.4, 0.5) is 0 Å². The minimum atomic E-state index is -1.64. The van der Waals surface area contributed by atoms with E-state index in [9.17, 15) is 14.4 Å². The van der Waals surface area contributed by atoms with Crippen LogP contribution in [0.15, 0.2) is 53.1 Å². The summed E-state index contributed by atoms with van der Waals surface area (Å²) in [6.07, 6.45) is 5.51. The molecule has 0 amide bonds. The molecule has 0 N–H and O–H groups in total. The summed E-state index contributed by atoms with van der Waals surface area (Å²) in [4.78, 5) is 42.7. The molecule has 32 heavy (non-hydrogen) atoms. The molecule has 4 heteroatoms. The van der Waals surface area contributed by atoms with Gasteiger partial charge in [-0.2, -0.15) is 0 Å². The summed E-state index contributed by atoms with van der Waals surface area (Å²) in [7, 11) is 1.65. The largest absolute Gasteiger partial charge is 0.372 e. The molecule has 0 spiro atoms. The van der Waals surface area contributed by atoms with Crippen LogP contribution in [0, 0.1) is 16.7 Å². The van der Waals surface area contributed by atoms with E-state index in [2.05, 4.69) is 20.8 Å². The van der Waals surface area contributed by atoms with Gasteiger partial charge in [0.05, 0.1) is 5.41 Å². The number of fused-ring (bicyclic) bond motifs is 1. The molecular weight excluding hydrogens is 400 g/mol. The Balaban J connectivity index is 2.05. The van der Waals surface area contributed by atoms with Crippen LogP contribution in [0.25, 0.3) is 0 Å². The van der Waals surface area contributed by atoms with Crippen molar-refractivity contribution in [2.45, 2.75) is 71.8 Å². The maximum absolute atomic E-state index is 14.6. The standard InChI is InChI=1S/C28H34O4/c1-6-11-22-24(30)27(23(29)19-12-9-8-10-13-19)17-21-15-20(18(3)4)16-26(14-7-2,25(27)31)28(21,22)32-5/h8-13,21H,6-7,14-17H2,1-5H3/b22-11+/t21-,26+,27-,28+/m0/s1. The minimum absolute atomic E-state index is 0.0847. The lowest BCUT2D eigenvalue weighted by Crippen LogP contribution is -2.78. The van der Waals surface area contributed by atoms with E-state index in [1.165, 1.54) is 11.1 Å². The predicted molar refractivity (Wildman–Crippen MR) is 124 cm³/mol. The Morgan fingerprint density at radius 3 is 2.41 bits per heavy atom. The lowest BCUT2D eigenvalue weighted by atomic mass is 9.35. The Morgan fingerprint density at radius 2 is 1.84 bits per heavy atom. The number of ketones is 3. The SMILES string of the molecule is CC/C=C1\C(=O)[C@@]2(C(=O)c3ccccc3)C[C@@H]3CC(=C(C)C)C[C@](CCC)(C2=O)[C@]13OC. The average Bonchev–Trinajstić information content (AvgIpc) is 2.79. The number of benzene rings is 1. The summed E-state index contributed by atoms with van der Waals surface area (Å²) in [5, 5.41) is 0. The van der Waals surface area contributed by atoms with Crippen LogP contribution in [-0.2, 0) is 14.3 Å². The Morgan fingerprint density at radius 1 is 1.16 bits per heavy atom. The molecule has 0 radical (unpaired) electrons. The van der Waals surface area contributed by atoms with Crippen LogP contribution >= 0.6 is 0 Å². The molecule has 0 unspecified atom stereocenters. The number of methoxy groups -OCH3 is 1. The molecule has 0 heterocycles. The molecule has 1 aromatic rings. The molecule has 4 saturated carbocycles. The third-order valence-corrected chi connectivity index (χ3v) is 8.24. The number of rotatable bonds is 6. The maximum atomic E-state index is 14.6. The highest BCUT2D eigenvalue weighted by atomic mass is 16.5. The van der Waals surface area contributed by atoms with Crippen LogP contribution in [0.2, 0.25) is 0 Å². The second kappa shape index (κ2) is 7.91. The summed E-state index contributed by atoms with van der Waals surface area (Å²) in [5.41, 5.74) is -0.00412. The van der Waals surface area contributed by atoms with Crippen LogP contribution in [0.5, 0.6) is 0 Å². The summed E-state index contributed by atoms with van der Waals surface area (Å²) in [6.45, 7) is 8.24. The van der Waals surface area contributed by atoms with Gasteiger partial charge in [-0.25, -0.2) is 0 Å². The van der Waals surface area contributed by atoms with Crippen molar-refractivity contribution in [3.63, 3.8) is 0 Å². The van der Waals surface area contributed by atoms with E-state index >= 15 is 0 Å². The van der Waals surface area contributed by atoms with Crippen LogP contribution in [0.1, 0.15) is 76.6 Å². The zero-order valence-electron chi connectivity index (χ0n) is 19.9. The monoisotopic (exact) mass is 434 g/mol. The van der Waals surface area contributed by atoms with Gasteiger partial charge in [-0.3, -0.25) is 14.4 Å². The van der Waals surface area contributed by atoms with E-state index in [0.29, 0.717) is 30.4 Å². The van der Waals surface area contributed by atoms with Crippen molar-refractivity contribution in [1.82, 2.24) is 0 Å².